The second-order valence-electron chi connectivity index (χ2n) is 9.14. The molecule has 0 saturated heterocycles. The molecule has 0 saturated carbocycles. The Labute approximate surface area is 190 Å². The highest BCUT2D eigenvalue weighted by molar-refractivity contribution is 5.83. The summed E-state index contributed by atoms with van der Waals surface area (Å²) in [6, 6.07) is 0. The van der Waals surface area contributed by atoms with Gasteiger partial charge in [0.25, 0.3) is 0 Å². The van der Waals surface area contributed by atoms with Gasteiger partial charge in [-0.15, -0.1) is 0 Å². The Bertz CT molecular complexity index is 403. The second kappa shape index (κ2) is 21.3. The SMILES string of the molecule is CCCCCCCCCCCCCCC(O)CCCCC(O)CC(=O)C(O)C(O)CO. The molecule has 186 valence electrons. The van der Waals surface area contributed by atoms with Crippen molar-refractivity contribution in [2.24, 2.45) is 0 Å². The number of hydrogen-bond donors (Lipinski definition) is 5. The number of rotatable bonds is 23. The van der Waals surface area contributed by atoms with Crippen LogP contribution in [0.1, 0.15) is 122 Å². The van der Waals surface area contributed by atoms with Crippen LogP contribution in [0.25, 0.3) is 0 Å². The largest absolute Gasteiger partial charge is 0.394 e. The number of unbranched alkanes of at least 4 members (excludes halogenated alkanes) is 12. The van der Waals surface area contributed by atoms with Crippen molar-refractivity contribution in [3.05, 3.63) is 0 Å². The van der Waals surface area contributed by atoms with E-state index in [1.54, 1.807) is 0 Å². The lowest BCUT2D eigenvalue weighted by atomic mass is 9.99. The minimum Gasteiger partial charge on any atom is -0.394 e. The van der Waals surface area contributed by atoms with E-state index < -0.39 is 30.7 Å². The third-order valence-electron chi connectivity index (χ3n) is 6.03. The number of Topliss-reactive ketones (excluding diaryl/α,β-unsaturated/α-hetero) is 1. The van der Waals surface area contributed by atoms with Crippen LogP contribution < -0.4 is 0 Å². The third-order valence-corrected chi connectivity index (χ3v) is 6.03. The van der Waals surface area contributed by atoms with Crippen molar-refractivity contribution in [2.75, 3.05) is 6.61 Å². The van der Waals surface area contributed by atoms with Gasteiger partial charge in [-0.3, -0.25) is 4.79 Å². The Balaban J connectivity index is 3.48. The van der Waals surface area contributed by atoms with Crippen LogP contribution in [-0.2, 0) is 4.79 Å². The van der Waals surface area contributed by atoms with Gasteiger partial charge in [0.05, 0.1) is 18.8 Å². The van der Waals surface area contributed by atoms with Crippen LogP contribution in [0.4, 0.5) is 0 Å². The molecule has 4 unspecified atom stereocenters. The van der Waals surface area contributed by atoms with Crippen molar-refractivity contribution in [1.29, 1.82) is 0 Å². The summed E-state index contributed by atoms with van der Waals surface area (Å²) in [6.45, 7) is 1.56. The second-order valence-corrected chi connectivity index (χ2v) is 9.14. The molecular weight excluding hydrogens is 396 g/mol. The maximum atomic E-state index is 11.7. The molecule has 0 aromatic rings. The summed E-state index contributed by atoms with van der Waals surface area (Å²) in [5.74, 6) is -0.666. The van der Waals surface area contributed by atoms with Crippen LogP contribution in [0.2, 0.25) is 0 Å². The lowest BCUT2D eigenvalue weighted by molar-refractivity contribution is -0.136. The van der Waals surface area contributed by atoms with Crippen molar-refractivity contribution in [3.63, 3.8) is 0 Å². The highest BCUT2D eigenvalue weighted by Crippen LogP contribution is 2.16. The van der Waals surface area contributed by atoms with Crippen LogP contribution in [0.5, 0.6) is 0 Å². The fourth-order valence-corrected chi connectivity index (χ4v) is 3.89. The maximum absolute atomic E-state index is 11.7. The number of aliphatic hydroxyl groups is 5. The molecule has 5 N–H and O–H groups in total. The zero-order chi connectivity index (χ0) is 23.3. The first-order valence-electron chi connectivity index (χ1n) is 12.8. The van der Waals surface area contributed by atoms with Gasteiger partial charge in [0.15, 0.2) is 5.78 Å². The molecule has 6 heteroatoms. The smallest absolute Gasteiger partial charge is 0.166 e. The summed E-state index contributed by atoms with van der Waals surface area (Å²) in [6.07, 6.45) is 14.5. The molecule has 6 nitrogen and oxygen atoms in total. The summed E-state index contributed by atoms with van der Waals surface area (Å²) >= 11 is 0. The Kier molecular flexibility index (Phi) is 21.0. The standard InChI is InChI=1S/C25H50O6/c1-2-3-4-5-6-7-8-9-10-11-12-13-16-21(27)17-14-15-18-22(28)19-23(29)25(31)24(30)20-26/h21-22,24-28,30-31H,2-20H2,1H3. The summed E-state index contributed by atoms with van der Waals surface area (Å²) in [4.78, 5) is 11.7. The van der Waals surface area contributed by atoms with Gasteiger partial charge in [-0.2, -0.15) is 0 Å². The Morgan fingerprint density at radius 1 is 0.613 bits per heavy atom. The zero-order valence-corrected chi connectivity index (χ0v) is 19.9. The van der Waals surface area contributed by atoms with Crippen LogP contribution in [0, 0.1) is 0 Å². The van der Waals surface area contributed by atoms with E-state index in [0.717, 1.165) is 19.3 Å². The van der Waals surface area contributed by atoms with Gasteiger partial charge in [-0.05, 0) is 19.3 Å². The molecule has 0 bridgehead atoms. The number of ketones is 1. The predicted octanol–water partition coefficient (Wildman–Crippen LogP) is 4.03. The lowest BCUT2D eigenvalue weighted by Gasteiger charge is -2.17. The van der Waals surface area contributed by atoms with Crippen molar-refractivity contribution in [3.8, 4) is 0 Å². The van der Waals surface area contributed by atoms with E-state index in [2.05, 4.69) is 6.92 Å². The normalized spacial score (nSPS) is 15.5. The van der Waals surface area contributed by atoms with Crippen molar-refractivity contribution in [1.82, 2.24) is 0 Å². The molecule has 0 radical (unpaired) electrons. The van der Waals surface area contributed by atoms with Gasteiger partial charge in [-0.1, -0.05) is 96.8 Å². The van der Waals surface area contributed by atoms with Crippen LogP contribution >= 0.6 is 0 Å². The van der Waals surface area contributed by atoms with E-state index in [1.807, 2.05) is 0 Å². The van der Waals surface area contributed by atoms with Gasteiger partial charge in [0.2, 0.25) is 0 Å². The molecule has 0 amide bonds. The highest BCUT2D eigenvalue weighted by Gasteiger charge is 2.25. The predicted molar refractivity (Wildman–Crippen MR) is 125 cm³/mol. The van der Waals surface area contributed by atoms with Crippen LogP contribution in [0.3, 0.4) is 0 Å². The first-order valence-corrected chi connectivity index (χ1v) is 12.8. The van der Waals surface area contributed by atoms with Gasteiger partial charge in [0.1, 0.15) is 12.2 Å². The lowest BCUT2D eigenvalue weighted by Crippen LogP contribution is -2.37. The summed E-state index contributed by atoms with van der Waals surface area (Å²) in [7, 11) is 0. The molecule has 0 heterocycles. The number of aliphatic hydroxyl groups excluding tert-OH is 5. The van der Waals surface area contributed by atoms with Crippen molar-refractivity contribution >= 4 is 5.78 Å². The first-order chi connectivity index (χ1) is 14.9. The number of carbonyl (C=O) groups is 1. The average Bonchev–Trinajstić information content (AvgIpc) is 2.76. The first kappa shape index (κ1) is 30.5. The molecule has 0 rings (SSSR count). The van der Waals surface area contributed by atoms with Gasteiger partial charge in [-0.25, -0.2) is 0 Å². The van der Waals surface area contributed by atoms with Gasteiger partial charge >= 0.3 is 0 Å². The molecular formula is C25H50O6. The number of hydrogen-bond acceptors (Lipinski definition) is 6. The molecule has 31 heavy (non-hydrogen) atoms. The zero-order valence-electron chi connectivity index (χ0n) is 19.9. The van der Waals surface area contributed by atoms with Gasteiger partial charge < -0.3 is 25.5 Å². The minimum atomic E-state index is -1.66. The van der Waals surface area contributed by atoms with Crippen molar-refractivity contribution in [2.45, 2.75) is 147 Å². The summed E-state index contributed by atoms with van der Waals surface area (Å²) < 4.78 is 0. The molecule has 0 aromatic heterocycles. The fraction of sp³-hybridized carbons (Fsp3) is 0.960. The maximum Gasteiger partial charge on any atom is 0.166 e. The molecule has 0 aliphatic carbocycles. The average molecular weight is 447 g/mol. The van der Waals surface area contributed by atoms with E-state index in [4.69, 9.17) is 5.11 Å². The molecule has 0 aromatic carbocycles. The van der Waals surface area contributed by atoms with E-state index in [0.29, 0.717) is 19.3 Å². The quantitative estimate of drug-likeness (QED) is 0.151. The summed E-state index contributed by atoms with van der Waals surface area (Å²) in [5.41, 5.74) is 0. The van der Waals surface area contributed by atoms with Crippen LogP contribution in [-0.4, -0.2) is 62.3 Å². The molecule has 4 atom stereocenters. The van der Waals surface area contributed by atoms with Crippen molar-refractivity contribution < 1.29 is 30.3 Å². The van der Waals surface area contributed by atoms with Crippen LogP contribution in [0.15, 0.2) is 0 Å². The number of carbonyl (C=O) groups excluding carboxylic acids is 1. The summed E-state index contributed by atoms with van der Waals surface area (Å²) in [5, 5.41) is 47.4. The highest BCUT2D eigenvalue weighted by atomic mass is 16.4. The van der Waals surface area contributed by atoms with E-state index >= 15 is 0 Å². The fourth-order valence-electron chi connectivity index (χ4n) is 3.89. The molecule has 0 spiro atoms. The monoisotopic (exact) mass is 446 g/mol. The molecule has 0 aliphatic rings. The minimum absolute atomic E-state index is 0.236. The Morgan fingerprint density at radius 2 is 1.00 bits per heavy atom. The molecule has 0 fully saturated rings. The third kappa shape index (κ3) is 18.7. The van der Waals surface area contributed by atoms with E-state index in [-0.39, 0.29) is 12.5 Å². The topological polar surface area (TPSA) is 118 Å². The van der Waals surface area contributed by atoms with E-state index in [1.165, 1.54) is 70.6 Å². The molecule has 0 aliphatic heterocycles. The Hall–Kier alpha value is -0.530. The Morgan fingerprint density at radius 3 is 1.45 bits per heavy atom. The van der Waals surface area contributed by atoms with E-state index in [9.17, 15) is 25.2 Å². The van der Waals surface area contributed by atoms with Gasteiger partial charge in [0, 0.05) is 6.42 Å².